The molecule has 0 N–H and O–H groups in total. The number of nitrogens with zero attached hydrogens (tertiary/aromatic N) is 1. The second-order valence-electron chi connectivity index (χ2n) is 3.01. The largest absolute Gasteiger partial charge is 0.296 e. The van der Waals surface area contributed by atoms with Crippen LogP contribution in [0.2, 0.25) is 0 Å². The fourth-order valence-electron chi connectivity index (χ4n) is 1.41. The number of Topliss-reactive ketones (excluding diaryl/α,β-unsaturated/α-hetero) is 1. The van der Waals surface area contributed by atoms with Crippen molar-refractivity contribution < 1.29 is 9.18 Å². The molecule has 1 rings (SSSR count). The van der Waals surface area contributed by atoms with E-state index in [9.17, 15) is 9.18 Å². The van der Waals surface area contributed by atoms with Crippen molar-refractivity contribution in [2.75, 3.05) is 26.3 Å². The molecule has 0 aromatic heterocycles. The topological polar surface area (TPSA) is 20.3 Å². The van der Waals surface area contributed by atoms with Gasteiger partial charge in [0.2, 0.25) is 0 Å². The Hall–Kier alpha value is -0.440. The van der Waals surface area contributed by atoms with E-state index >= 15 is 0 Å². The molecular formula is C8H14FNO. The number of alkyl halides is 1. The number of halogens is 1. The van der Waals surface area contributed by atoms with Gasteiger partial charge in [0.25, 0.3) is 0 Å². The normalized spacial score (nSPS) is 20.1. The zero-order chi connectivity index (χ0) is 8.10. The highest BCUT2D eigenvalue weighted by molar-refractivity contribution is 5.81. The minimum absolute atomic E-state index is 0.285. The second-order valence-corrected chi connectivity index (χ2v) is 3.01. The first-order chi connectivity index (χ1) is 5.33. The number of likely N-dealkylation sites (tertiary alicyclic amines) is 1. The van der Waals surface area contributed by atoms with E-state index in [2.05, 4.69) is 0 Å². The Bertz CT molecular complexity index is 132. The zero-order valence-corrected chi connectivity index (χ0v) is 6.68. The van der Waals surface area contributed by atoms with Crippen molar-refractivity contribution in [2.45, 2.75) is 19.3 Å². The summed E-state index contributed by atoms with van der Waals surface area (Å²) < 4.78 is 11.8. The van der Waals surface area contributed by atoms with E-state index in [1.165, 1.54) is 6.42 Å². The zero-order valence-electron chi connectivity index (χ0n) is 6.68. The number of carbonyl (C=O) groups is 1. The molecule has 3 heteroatoms. The third-order valence-electron chi connectivity index (χ3n) is 2.00. The highest BCUT2D eigenvalue weighted by Gasteiger charge is 2.12. The number of hydrogen-bond donors (Lipinski definition) is 0. The molecule has 0 unspecified atom stereocenters. The van der Waals surface area contributed by atoms with Crippen molar-refractivity contribution in [3.8, 4) is 0 Å². The molecule has 1 heterocycles. The van der Waals surface area contributed by atoms with Gasteiger partial charge in [-0.25, -0.2) is 4.39 Å². The number of carbonyl (C=O) groups excluding carboxylic acids is 1. The van der Waals surface area contributed by atoms with Crippen LogP contribution in [0, 0.1) is 0 Å². The predicted molar refractivity (Wildman–Crippen MR) is 41.3 cm³/mol. The maximum atomic E-state index is 11.8. The molecule has 2 nitrogen and oxygen atoms in total. The molecule has 1 aliphatic heterocycles. The number of ketones is 1. The SMILES string of the molecule is O=C(CF)CN1CCCCC1. The average Bonchev–Trinajstić information content (AvgIpc) is 2.06. The first kappa shape index (κ1) is 8.65. The summed E-state index contributed by atoms with van der Waals surface area (Å²) in [6.45, 7) is 1.44. The fourth-order valence-corrected chi connectivity index (χ4v) is 1.41. The number of piperidine rings is 1. The molecular weight excluding hydrogens is 145 g/mol. The van der Waals surface area contributed by atoms with Crippen LogP contribution in [0.5, 0.6) is 0 Å². The van der Waals surface area contributed by atoms with Crippen molar-refractivity contribution in [3.63, 3.8) is 0 Å². The Morgan fingerprint density at radius 2 is 1.91 bits per heavy atom. The molecule has 1 saturated heterocycles. The maximum absolute atomic E-state index is 11.8. The molecule has 0 saturated carbocycles. The summed E-state index contributed by atoms with van der Waals surface area (Å²) in [6, 6.07) is 0. The smallest absolute Gasteiger partial charge is 0.177 e. The molecule has 0 amide bonds. The Morgan fingerprint density at radius 1 is 1.27 bits per heavy atom. The van der Waals surface area contributed by atoms with Gasteiger partial charge in [0, 0.05) is 0 Å². The third-order valence-corrected chi connectivity index (χ3v) is 2.00. The minimum atomic E-state index is -0.809. The first-order valence-corrected chi connectivity index (χ1v) is 4.13. The summed E-state index contributed by atoms with van der Waals surface area (Å²) in [4.78, 5) is 12.7. The molecule has 0 aromatic rings. The van der Waals surface area contributed by atoms with E-state index in [0.717, 1.165) is 25.9 Å². The lowest BCUT2D eigenvalue weighted by atomic mass is 10.1. The van der Waals surface area contributed by atoms with Crippen molar-refractivity contribution >= 4 is 5.78 Å². The third kappa shape index (κ3) is 2.97. The summed E-state index contributed by atoms with van der Waals surface area (Å²) in [5.74, 6) is -0.285. The van der Waals surface area contributed by atoms with E-state index in [4.69, 9.17) is 0 Å². The van der Waals surface area contributed by atoms with Gasteiger partial charge in [-0.2, -0.15) is 0 Å². The molecule has 1 fully saturated rings. The molecule has 64 valence electrons. The van der Waals surface area contributed by atoms with E-state index in [1.54, 1.807) is 0 Å². The van der Waals surface area contributed by atoms with Gasteiger partial charge in [0.15, 0.2) is 5.78 Å². The summed E-state index contributed by atoms with van der Waals surface area (Å²) in [5, 5.41) is 0. The van der Waals surface area contributed by atoms with Crippen LogP contribution in [0.1, 0.15) is 19.3 Å². The molecule has 0 spiro atoms. The predicted octanol–water partition coefficient (Wildman–Crippen LogP) is 1.01. The number of hydrogen-bond acceptors (Lipinski definition) is 2. The van der Waals surface area contributed by atoms with Gasteiger partial charge in [0.05, 0.1) is 6.54 Å². The van der Waals surface area contributed by atoms with E-state index in [0.29, 0.717) is 6.54 Å². The second kappa shape index (κ2) is 4.44. The molecule has 0 atom stereocenters. The van der Waals surface area contributed by atoms with Gasteiger partial charge in [-0.3, -0.25) is 9.69 Å². The van der Waals surface area contributed by atoms with Crippen LogP contribution in [0.4, 0.5) is 4.39 Å². The first-order valence-electron chi connectivity index (χ1n) is 4.13. The van der Waals surface area contributed by atoms with Gasteiger partial charge in [-0.05, 0) is 25.9 Å². The molecule has 1 aliphatic rings. The molecule has 0 aliphatic carbocycles. The van der Waals surface area contributed by atoms with Crippen LogP contribution in [-0.2, 0) is 4.79 Å². The summed E-state index contributed by atoms with van der Waals surface area (Å²) in [6.07, 6.45) is 3.56. The standard InChI is InChI=1S/C8H14FNO/c9-6-8(11)7-10-4-2-1-3-5-10/h1-7H2. The molecule has 0 aromatic carbocycles. The van der Waals surface area contributed by atoms with Crippen LogP contribution < -0.4 is 0 Å². The molecule has 0 radical (unpaired) electrons. The quantitative estimate of drug-likeness (QED) is 0.612. The Kier molecular flexibility index (Phi) is 3.49. The summed E-state index contributed by atoms with van der Waals surface area (Å²) in [7, 11) is 0. The van der Waals surface area contributed by atoms with Gasteiger partial charge >= 0.3 is 0 Å². The van der Waals surface area contributed by atoms with Crippen LogP contribution in [-0.4, -0.2) is 37.0 Å². The molecule has 0 bridgehead atoms. The van der Waals surface area contributed by atoms with Crippen LogP contribution in [0.25, 0.3) is 0 Å². The van der Waals surface area contributed by atoms with Gasteiger partial charge in [-0.15, -0.1) is 0 Å². The van der Waals surface area contributed by atoms with E-state index < -0.39 is 6.67 Å². The van der Waals surface area contributed by atoms with Gasteiger partial charge in [-0.1, -0.05) is 6.42 Å². The highest BCUT2D eigenvalue weighted by atomic mass is 19.1. The highest BCUT2D eigenvalue weighted by Crippen LogP contribution is 2.07. The maximum Gasteiger partial charge on any atom is 0.177 e. The van der Waals surface area contributed by atoms with E-state index in [-0.39, 0.29) is 5.78 Å². The van der Waals surface area contributed by atoms with Crippen molar-refractivity contribution in [2.24, 2.45) is 0 Å². The Morgan fingerprint density at radius 3 is 2.45 bits per heavy atom. The van der Waals surface area contributed by atoms with Crippen molar-refractivity contribution in [1.82, 2.24) is 4.90 Å². The van der Waals surface area contributed by atoms with E-state index in [1.807, 2.05) is 4.90 Å². The van der Waals surface area contributed by atoms with Crippen LogP contribution in [0.15, 0.2) is 0 Å². The minimum Gasteiger partial charge on any atom is -0.296 e. The van der Waals surface area contributed by atoms with Crippen molar-refractivity contribution in [3.05, 3.63) is 0 Å². The van der Waals surface area contributed by atoms with Crippen LogP contribution in [0.3, 0.4) is 0 Å². The number of rotatable bonds is 3. The Labute approximate surface area is 66.4 Å². The average molecular weight is 159 g/mol. The van der Waals surface area contributed by atoms with Gasteiger partial charge < -0.3 is 0 Å². The van der Waals surface area contributed by atoms with Crippen molar-refractivity contribution in [1.29, 1.82) is 0 Å². The summed E-state index contributed by atoms with van der Waals surface area (Å²) >= 11 is 0. The molecule has 11 heavy (non-hydrogen) atoms. The lowest BCUT2D eigenvalue weighted by molar-refractivity contribution is -0.121. The van der Waals surface area contributed by atoms with Crippen LogP contribution >= 0.6 is 0 Å². The lowest BCUT2D eigenvalue weighted by Crippen LogP contribution is -2.34. The Balaban J connectivity index is 2.19. The monoisotopic (exact) mass is 159 g/mol. The van der Waals surface area contributed by atoms with Gasteiger partial charge in [0.1, 0.15) is 6.67 Å². The summed E-state index contributed by atoms with van der Waals surface area (Å²) in [5.41, 5.74) is 0. The lowest BCUT2D eigenvalue weighted by Gasteiger charge is -2.24. The fraction of sp³-hybridized carbons (Fsp3) is 0.875.